The van der Waals surface area contributed by atoms with Gasteiger partial charge < -0.3 is 10.0 Å². The van der Waals surface area contributed by atoms with Gasteiger partial charge in [0.2, 0.25) is 5.91 Å². The number of amides is 1. The van der Waals surface area contributed by atoms with Crippen LogP contribution in [0, 0.1) is 6.92 Å². The molecule has 0 unspecified atom stereocenters. The highest BCUT2D eigenvalue weighted by Crippen LogP contribution is 2.21. The number of hydrogen-bond donors (Lipinski definition) is 1. The molecule has 0 bridgehead atoms. The number of aryl methyl sites for hydroxylation is 1. The first-order chi connectivity index (χ1) is 9.09. The van der Waals surface area contributed by atoms with Gasteiger partial charge in [0.05, 0.1) is 6.42 Å². The Bertz CT molecular complexity index is 593. The van der Waals surface area contributed by atoms with Crippen LogP contribution in [0.15, 0.2) is 48.5 Å². The molecule has 0 aliphatic heterocycles. The molecule has 0 radical (unpaired) electrons. The minimum absolute atomic E-state index is 0.0456. The van der Waals surface area contributed by atoms with E-state index in [-0.39, 0.29) is 18.1 Å². The molecule has 0 fully saturated rings. The Morgan fingerprint density at radius 1 is 1.11 bits per heavy atom. The molecule has 0 saturated heterocycles. The van der Waals surface area contributed by atoms with Gasteiger partial charge >= 0.3 is 0 Å². The Balaban J connectivity index is 2.17. The molecule has 0 heterocycles. The van der Waals surface area contributed by atoms with Crippen molar-refractivity contribution >= 4 is 11.6 Å². The van der Waals surface area contributed by atoms with Crippen LogP contribution >= 0.6 is 0 Å². The first kappa shape index (κ1) is 13.1. The first-order valence-electron chi connectivity index (χ1n) is 6.18. The molecule has 3 heteroatoms. The number of carbonyl (C=O) groups excluding carboxylic acids is 1. The van der Waals surface area contributed by atoms with Crippen LogP contribution in [0.25, 0.3) is 0 Å². The second-order valence-electron chi connectivity index (χ2n) is 4.54. The minimum Gasteiger partial charge on any atom is -0.508 e. The fourth-order valence-corrected chi connectivity index (χ4v) is 2.02. The number of aromatic hydroxyl groups is 1. The zero-order chi connectivity index (χ0) is 13.8. The number of nitrogens with zero attached hydrogens (tertiary/aromatic N) is 1. The number of para-hydroxylation sites is 2. The second kappa shape index (κ2) is 5.57. The summed E-state index contributed by atoms with van der Waals surface area (Å²) in [7, 11) is 1.75. The molecule has 3 nitrogen and oxygen atoms in total. The third-order valence-corrected chi connectivity index (χ3v) is 3.18. The van der Waals surface area contributed by atoms with Gasteiger partial charge in [-0.05, 0) is 24.6 Å². The van der Waals surface area contributed by atoms with E-state index in [1.165, 1.54) is 0 Å². The summed E-state index contributed by atoms with van der Waals surface area (Å²) in [6, 6.07) is 14.7. The highest BCUT2D eigenvalue weighted by molar-refractivity contribution is 5.95. The summed E-state index contributed by atoms with van der Waals surface area (Å²) in [5.74, 6) is 0.116. The molecule has 0 aliphatic rings. The first-order valence-corrected chi connectivity index (χ1v) is 6.18. The monoisotopic (exact) mass is 255 g/mol. The topological polar surface area (TPSA) is 40.5 Å². The van der Waals surface area contributed by atoms with Crippen LogP contribution in [0.5, 0.6) is 5.75 Å². The maximum absolute atomic E-state index is 12.2. The summed E-state index contributed by atoms with van der Waals surface area (Å²) < 4.78 is 0. The molecular weight excluding hydrogens is 238 g/mol. The van der Waals surface area contributed by atoms with Gasteiger partial charge in [0.25, 0.3) is 0 Å². The summed E-state index contributed by atoms with van der Waals surface area (Å²) in [4.78, 5) is 13.9. The molecular formula is C16H17NO2. The Morgan fingerprint density at radius 2 is 1.74 bits per heavy atom. The van der Waals surface area contributed by atoms with Gasteiger partial charge in [-0.25, -0.2) is 0 Å². The smallest absolute Gasteiger partial charge is 0.231 e. The number of benzene rings is 2. The Labute approximate surface area is 113 Å². The zero-order valence-corrected chi connectivity index (χ0v) is 11.1. The van der Waals surface area contributed by atoms with Crippen LogP contribution in [0.3, 0.4) is 0 Å². The van der Waals surface area contributed by atoms with E-state index in [1.807, 2.05) is 37.3 Å². The molecule has 0 spiro atoms. The largest absolute Gasteiger partial charge is 0.508 e. The molecule has 2 aromatic rings. The predicted molar refractivity (Wildman–Crippen MR) is 76.4 cm³/mol. The number of anilines is 1. The van der Waals surface area contributed by atoms with Crippen LogP contribution in [0.1, 0.15) is 11.1 Å². The summed E-state index contributed by atoms with van der Waals surface area (Å²) in [5.41, 5.74) is 2.59. The maximum Gasteiger partial charge on any atom is 0.231 e. The highest BCUT2D eigenvalue weighted by Gasteiger charge is 2.14. The van der Waals surface area contributed by atoms with Gasteiger partial charge in [-0.15, -0.1) is 0 Å². The van der Waals surface area contributed by atoms with E-state index < -0.39 is 0 Å². The molecule has 0 aliphatic carbocycles. The number of likely N-dealkylation sites (N-methyl/N-ethyl adjacent to an activating group) is 1. The summed E-state index contributed by atoms with van der Waals surface area (Å²) in [5, 5.41) is 9.70. The SMILES string of the molecule is Cc1ccccc1N(C)C(=O)Cc1ccccc1O. The summed E-state index contributed by atoms with van der Waals surface area (Å²) in [6.45, 7) is 1.97. The molecule has 98 valence electrons. The highest BCUT2D eigenvalue weighted by atomic mass is 16.3. The van der Waals surface area contributed by atoms with Crippen LogP contribution < -0.4 is 4.90 Å². The number of rotatable bonds is 3. The summed E-state index contributed by atoms with van der Waals surface area (Å²) >= 11 is 0. The van der Waals surface area contributed by atoms with Crippen molar-refractivity contribution in [2.75, 3.05) is 11.9 Å². The lowest BCUT2D eigenvalue weighted by Gasteiger charge is -2.19. The van der Waals surface area contributed by atoms with Crippen LogP contribution in [0.2, 0.25) is 0 Å². The number of hydrogen-bond acceptors (Lipinski definition) is 2. The minimum atomic E-state index is -0.0456. The van der Waals surface area contributed by atoms with Gasteiger partial charge in [-0.1, -0.05) is 36.4 Å². The lowest BCUT2D eigenvalue weighted by atomic mass is 10.1. The van der Waals surface area contributed by atoms with E-state index >= 15 is 0 Å². The van der Waals surface area contributed by atoms with E-state index in [0.29, 0.717) is 5.56 Å². The lowest BCUT2D eigenvalue weighted by Crippen LogP contribution is -2.28. The normalized spacial score (nSPS) is 10.2. The van der Waals surface area contributed by atoms with Crippen molar-refractivity contribution in [2.45, 2.75) is 13.3 Å². The molecule has 0 aromatic heterocycles. The van der Waals surface area contributed by atoms with Gasteiger partial charge in [0.1, 0.15) is 5.75 Å². The predicted octanol–water partition coefficient (Wildman–Crippen LogP) is 2.91. The van der Waals surface area contributed by atoms with E-state index in [0.717, 1.165) is 11.3 Å². The second-order valence-corrected chi connectivity index (χ2v) is 4.54. The van der Waals surface area contributed by atoms with E-state index in [9.17, 15) is 9.90 Å². The third-order valence-electron chi connectivity index (χ3n) is 3.18. The van der Waals surface area contributed by atoms with E-state index in [4.69, 9.17) is 0 Å². The molecule has 2 aromatic carbocycles. The lowest BCUT2D eigenvalue weighted by molar-refractivity contribution is -0.117. The van der Waals surface area contributed by atoms with E-state index in [1.54, 1.807) is 30.1 Å². The molecule has 1 N–H and O–H groups in total. The quantitative estimate of drug-likeness (QED) is 0.916. The Kier molecular flexibility index (Phi) is 3.85. The third kappa shape index (κ3) is 2.94. The van der Waals surface area contributed by atoms with E-state index in [2.05, 4.69) is 0 Å². The van der Waals surface area contributed by atoms with Crippen molar-refractivity contribution in [2.24, 2.45) is 0 Å². The Hall–Kier alpha value is -2.29. The van der Waals surface area contributed by atoms with Crippen molar-refractivity contribution in [1.29, 1.82) is 0 Å². The van der Waals surface area contributed by atoms with Gasteiger partial charge in [0, 0.05) is 18.3 Å². The van der Waals surface area contributed by atoms with Crippen LogP contribution in [-0.2, 0) is 11.2 Å². The number of carbonyl (C=O) groups is 1. The van der Waals surface area contributed by atoms with Gasteiger partial charge in [0.15, 0.2) is 0 Å². The zero-order valence-electron chi connectivity index (χ0n) is 11.1. The fourth-order valence-electron chi connectivity index (χ4n) is 2.02. The molecule has 0 atom stereocenters. The van der Waals surface area contributed by atoms with Crippen LogP contribution in [-0.4, -0.2) is 18.1 Å². The average molecular weight is 255 g/mol. The van der Waals surface area contributed by atoms with Gasteiger partial charge in [-0.3, -0.25) is 4.79 Å². The fraction of sp³-hybridized carbons (Fsp3) is 0.188. The van der Waals surface area contributed by atoms with Crippen molar-refractivity contribution in [3.63, 3.8) is 0 Å². The van der Waals surface area contributed by atoms with Gasteiger partial charge in [-0.2, -0.15) is 0 Å². The molecule has 0 saturated carbocycles. The maximum atomic E-state index is 12.2. The molecule has 1 amide bonds. The number of phenolic OH excluding ortho intramolecular Hbond substituents is 1. The van der Waals surface area contributed by atoms with Crippen molar-refractivity contribution in [1.82, 2.24) is 0 Å². The Morgan fingerprint density at radius 3 is 2.42 bits per heavy atom. The van der Waals surface area contributed by atoms with Crippen molar-refractivity contribution in [3.8, 4) is 5.75 Å². The molecule has 2 rings (SSSR count). The molecule has 19 heavy (non-hydrogen) atoms. The number of phenols is 1. The average Bonchev–Trinajstić information content (AvgIpc) is 2.41. The summed E-state index contributed by atoms with van der Waals surface area (Å²) in [6.07, 6.45) is 0.192. The van der Waals surface area contributed by atoms with Crippen molar-refractivity contribution < 1.29 is 9.90 Å². The van der Waals surface area contributed by atoms with Crippen molar-refractivity contribution in [3.05, 3.63) is 59.7 Å². The standard InChI is InChI=1S/C16H17NO2/c1-12-7-3-5-9-14(12)17(2)16(19)11-13-8-4-6-10-15(13)18/h3-10,18H,11H2,1-2H3. The van der Waals surface area contributed by atoms with Crippen LogP contribution in [0.4, 0.5) is 5.69 Å².